The number of carbonyl (C=O) groups excluding carboxylic acids is 1. The van der Waals surface area contributed by atoms with Gasteiger partial charge < -0.3 is 5.32 Å². The SMILES string of the molecule is O=C1NCCCCC1Sc1ccc(C(F)(F)F)cn1. The third kappa shape index (κ3) is 3.86. The summed E-state index contributed by atoms with van der Waals surface area (Å²) < 4.78 is 37.1. The van der Waals surface area contributed by atoms with Crippen molar-refractivity contribution in [1.29, 1.82) is 0 Å². The van der Waals surface area contributed by atoms with Crippen LogP contribution >= 0.6 is 11.8 Å². The zero-order valence-corrected chi connectivity index (χ0v) is 10.9. The number of rotatable bonds is 2. The van der Waals surface area contributed by atoms with Gasteiger partial charge in [0.25, 0.3) is 0 Å². The molecule has 1 aromatic rings. The third-order valence-electron chi connectivity index (χ3n) is 2.81. The second-order valence-corrected chi connectivity index (χ2v) is 5.50. The van der Waals surface area contributed by atoms with Crippen molar-refractivity contribution in [3.8, 4) is 0 Å². The fourth-order valence-corrected chi connectivity index (χ4v) is 2.81. The fraction of sp³-hybridized carbons (Fsp3) is 0.500. The molecule has 1 aromatic heterocycles. The van der Waals surface area contributed by atoms with Gasteiger partial charge in [0.05, 0.1) is 15.8 Å². The van der Waals surface area contributed by atoms with Crippen LogP contribution in [0.1, 0.15) is 24.8 Å². The molecule has 7 heteroatoms. The van der Waals surface area contributed by atoms with Gasteiger partial charge in [-0.15, -0.1) is 0 Å². The molecule has 3 nitrogen and oxygen atoms in total. The summed E-state index contributed by atoms with van der Waals surface area (Å²) in [6.45, 7) is 0.663. The van der Waals surface area contributed by atoms with Gasteiger partial charge >= 0.3 is 6.18 Å². The maximum Gasteiger partial charge on any atom is 0.417 e. The van der Waals surface area contributed by atoms with E-state index in [4.69, 9.17) is 0 Å². The first-order valence-corrected chi connectivity index (χ1v) is 6.82. The number of amides is 1. The van der Waals surface area contributed by atoms with E-state index in [1.807, 2.05) is 0 Å². The first-order chi connectivity index (χ1) is 8.97. The third-order valence-corrected chi connectivity index (χ3v) is 4.03. The molecule has 1 amide bonds. The predicted octanol–water partition coefficient (Wildman–Crippen LogP) is 2.86. The smallest absolute Gasteiger partial charge is 0.355 e. The molecular weight excluding hydrogens is 277 g/mol. The van der Waals surface area contributed by atoms with Gasteiger partial charge in [-0.25, -0.2) is 4.98 Å². The van der Waals surface area contributed by atoms with Crippen LogP contribution in [0.15, 0.2) is 23.4 Å². The van der Waals surface area contributed by atoms with Crippen molar-refractivity contribution >= 4 is 17.7 Å². The Hall–Kier alpha value is -1.24. The van der Waals surface area contributed by atoms with E-state index in [9.17, 15) is 18.0 Å². The van der Waals surface area contributed by atoms with Gasteiger partial charge in [0.15, 0.2) is 0 Å². The van der Waals surface area contributed by atoms with Crippen LogP contribution in [-0.2, 0) is 11.0 Å². The Kier molecular flexibility index (Phi) is 4.34. The molecule has 1 atom stereocenters. The molecule has 0 aliphatic carbocycles. The zero-order valence-electron chi connectivity index (χ0n) is 10.0. The normalized spacial score (nSPS) is 20.8. The van der Waals surface area contributed by atoms with Crippen LogP contribution in [0.25, 0.3) is 0 Å². The van der Waals surface area contributed by atoms with Gasteiger partial charge in [-0.05, 0) is 25.0 Å². The maximum atomic E-state index is 12.4. The van der Waals surface area contributed by atoms with E-state index < -0.39 is 11.7 Å². The van der Waals surface area contributed by atoms with Gasteiger partial charge in [-0.2, -0.15) is 13.2 Å². The Bertz CT molecular complexity index is 447. The van der Waals surface area contributed by atoms with E-state index >= 15 is 0 Å². The molecule has 1 N–H and O–H groups in total. The van der Waals surface area contributed by atoms with Crippen molar-refractivity contribution in [3.05, 3.63) is 23.9 Å². The molecular formula is C12H13F3N2OS. The lowest BCUT2D eigenvalue weighted by Crippen LogP contribution is -2.30. The lowest BCUT2D eigenvalue weighted by molar-refractivity contribution is -0.137. The second kappa shape index (κ2) is 5.81. The van der Waals surface area contributed by atoms with Crippen LogP contribution < -0.4 is 5.32 Å². The molecule has 0 saturated carbocycles. The Balaban J connectivity index is 2.04. The Morgan fingerprint density at radius 1 is 1.32 bits per heavy atom. The zero-order chi connectivity index (χ0) is 13.9. The van der Waals surface area contributed by atoms with Crippen LogP contribution in [-0.4, -0.2) is 22.7 Å². The highest BCUT2D eigenvalue weighted by Crippen LogP contribution is 2.31. The number of halogens is 3. The summed E-state index contributed by atoms with van der Waals surface area (Å²) in [6.07, 6.45) is -0.994. The molecule has 1 unspecified atom stereocenters. The van der Waals surface area contributed by atoms with E-state index in [0.29, 0.717) is 11.6 Å². The predicted molar refractivity (Wildman–Crippen MR) is 65.7 cm³/mol. The molecule has 2 heterocycles. The van der Waals surface area contributed by atoms with Crippen LogP contribution in [0.2, 0.25) is 0 Å². The topological polar surface area (TPSA) is 42.0 Å². The lowest BCUT2D eigenvalue weighted by atomic mass is 10.2. The molecule has 1 fully saturated rings. The fourth-order valence-electron chi connectivity index (χ4n) is 1.79. The maximum absolute atomic E-state index is 12.4. The van der Waals surface area contributed by atoms with E-state index in [2.05, 4.69) is 10.3 Å². The summed E-state index contributed by atoms with van der Waals surface area (Å²) in [5.41, 5.74) is -0.776. The Morgan fingerprint density at radius 3 is 2.74 bits per heavy atom. The largest absolute Gasteiger partial charge is 0.417 e. The summed E-state index contributed by atoms with van der Waals surface area (Å²) in [7, 11) is 0. The van der Waals surface area contributed by atoms with Crippen molar-refractivity contribution in [2.24, 2.45) is 0 Å². The molecule has 1 aliphatic rings. The molecule has 2 rings (SSSR count). The molecule has 104 valence electrons. The standard InChI is InChI=1S/C12H13F3N2OS/c13-12(14,15)8-4-5-10(17-7-8)19-9-3-1-2-6-16-11(9)18/h4-5,7,9H,1-3,6H2,(H,16,18). The monoisotopic (exact) mass is 290 g/mol. The number of hydrogen-bond acceptors (Lipinski definition) is 3. The van der Waals surface area contributed by atoms with Crippen LogP contribution in [0.3, 0.4) is 0 Å². The minimum atomic E-state index is -4.38. The minimum Gasteiger partial charge on any atom is -0.355 e. The highest BCUT2D eigenvalue weighted by atomic mass is 32.2. The number of nitrogens with zero attached hydrogens (tertiary/aromatic N) is 1. The van der Waals surface area contributed by atoms with Gasteiger partial charge in [0, 0.05) is 12.7 Å². The molecule has 0 radical (unpaired) electrons. The van der Waals surface area contributed by atoms with Crippen molar-refractivity contribution in [3.63, 3.8) is 0 Å². The quantitative estimate of drug-likeness (QED) is 0.910. The number of thioether (sulfide) groups is 1. The number of alkyl halides is 3. The summed E-state index contributed by atoms with van der Waals surface area (Å²) in [5, 5.41) is 2.95. The van der Waals surface area contributed by atoms with Crippen LogP contribution in [0.5, 0.6) is 0 Å². The van der Waals surface area contributed by atoms with Crippen molar-refractivity contribution in [2.45, 2.75) is 35.7 Å². The lowest BCUT2D eigenvalue weighted by Gasteiger charge is -2.12. The van der Waals surface area contributed by atoms with Crippen LogP contribution in [0, 0.1) is 0 Å². The summed E-state index contributed by atoms with van der Waals surface area (Å²) in [6, 6.07) is 2.30. The summed E-state index contributed by atoms with van der Waals surface area (Å²) in [5.74, 6) is -0.0656. The molecule has 0 bridgehead atoms. The highest BCUT2D eigenvalue weighted by molar-refractivity contribution is 8.00. The Morgan fingerprint density at radius 2 is 2.11 bits per heavy atom. The molecule has 19 heavy (non-hydrogen) atoms. The van der Waals surface area contributed by atoms with Gasteiger partial charge in [-0.3, -0.25) is 4.79 Å². The van der Waals surface area contributed by atoms with Gasteiger partial charge in [-0.1, -0.05) is 18.2 Å². The summed E-state index contributed by atoms with van der Waals surface area (Å²) in [4.78, 5) is 15.5. The number of carbonyl (C=O) groups is 1. The first-order valence-electron chi connectivity index (χ1n) is 5.94. The van der Waals surface area contributed by atoms with E-state index in [-0.39, 0.29) is 11.2 Å². The molecule has 0 aromatic carbocycles. The minimum absolute atomic E-state index is 0.0656. The van der Waals surface area contributed by atoms with Crippen molar-refractivity contribution in [2.75, 3.05) is 6.54 Å². The van der Waals surface area contributed by atoms with Crippen molar-refractivity contribution < 1.29 is 18.0 Å². The van der Waals surface area contributed by atoms with E-state index in [1.54, 1.807) is 0 Å². The van der Waals surface area contributed by atoms with E-state index in [0.717, 1.165) is 31.5 Å². The average Bonchev–Trinajstić information content (AvgIpc) is 2.55. The van der Waals surface area contributed by atoms with E-state index in [1.165, 1.54) is 17.8 Å². The number of pyridine rings is 1. The number of hydrogen-bond donors (Lipinski definition) is 1. The van der Waals surface area contributed by atoms with Crippen molar-refractivity contribution in [1.82, 2.24) is 10.3 Å². The second-order valence-electron chi connectivity index (χ2n) is 4.28. The first kappa shape index (κ1) is 14.2. The summed E-state index contributed by atoms with van der Waals surface area (Å²) >= 11 is 1.21. The Labute approximate surface area is 113 Å². The van der Waals surface area contributed by atoms with Crippen LogP contribution in [0.4, 0.5) is 13.2 Å². The number of nitrogens with one attached hydrogen (secondary N) is 1. The molecule has 0 spiro atoms. The molecule has 1 aliphatic heterocycles. The highest BCUT2D eigenvalue weighted by Gasteiger charge is 2.31. The van der Waals surface area contributed by atoms with Gasteiger partial charge in [0.2, 0.25) is 5.91 Å². The van der Waals surface area contributed by atoms with Gasteiger partial charge in [0.1, 0.15) is 0 Å². The molecule has 1 saturated heterocycles. The average molecular weight is 290 g/mol. The number of aromatic nitrogens is 1.